The largest absolute Gasteiger partial charge is 0.368 e. The number of carbonyl (C=O) groups is 1. The lowest BCUT2D eigenvalue weighted by molar-refractivity contribution is -0.0157. The molecule has 10 heteroatoms. The Morgan fingerprint density at radius 1 is 1.31 bits per heavy atom. The molecular formula is C16H21N7O2S. The van der Waals surface area contributed by atoms with Gasteiger partial charge >= 0.3 is 6.03 Å². The maximum Gasteiger partial charge on any atom is 0.323 e. The summed E-state index contributed by atoms with van der Waals surface area (Å²) in [5, 5.41) is 12.0. The Morgan fingerprint density at radius 3 is 2.92 bits per heavy atom. The fourth-order valence-corrected chi connectivity index (χ4v) is 3.72. The second kappa shape index (κ2) is 7.50. The minimum Gasteiger partial charge on any atom is -0.368 e. The molecule has 0 saturated carbocycles. The lowest BCUT2D eigenvalue weighted by Gasteiger charge is -2.32. The summed E-state index contributed by atoms with van der Waals surface area (Å²) < 4.78 is 5.86. The summed E-state index contributed by atoms with van der Waals surface area (Å²) in [5.74, 6) is 0.745. The van der Waals surface area contributed by atoms with Crippen LogP contribution in [-0.2, 0) is 4.74 Å². The van der Waals surface area contributed by atoms with Crippen LogP contribution in [0.2, 0.25) is 0 Å². The summed E-state index contributed by atoms with van der Waals surface area (Å²) in [6.07, 6.45) is 3.86. The van der Waals surface area contributed by atoms with Crippen LogP contribution in [0.1, 0.15) is 29.6 Å². The van der Waals surface area contributed by atoms with Crippen molar-refractivity contribution >= 4 is 28.4 Å². The first-order valence-corrected chi connectivity index (χ1v) is 9.56. The number of nitrogens with zero attached hydrogens (tertiary/aromatic N) is 6. The standard InChI is InChI=1S/C16H21N7O2S/c1-11-20-21-15(26-11)19-16(24)23-8-9-25-13(10-23)12-4-5-17-14(18-12)22-6-2-3-7-22/h4-5,13H,2-3,6-10H2,1H3,(H,19,21,24)/t13-/m1/s1. The quantitative estimate of drug-likeness (QED) is 0.874. The summed E-state index contributed by atoms with van der Waals surface area (Å²) in [7, 11) is 0. The third-order valence-corrected chi connectivity index (χ3v) is 5.23. The molecule has 0 bridgehead atoms. The molecule has 0 spiro atoms. The van der Waals surface area contributed by atoms with Gasteiger partial charge in [0.25, 0.3) is 0 Å². The minimum absolute atomic E-state index is 0.191. The normalized spacial score (nSPS) is 20.4. The van der Waals surface area contributed by atoms with Crippen LogP contribution in [0.5, 0.6) is 0 Å². The van der Waals surface area contributed by atoms with E-state index in [1.54, 1.807) is 11.1 Å². The fraction of sp³-hybridized carbons (Fsp3) is 0.562. The van der Waals surface area contributed by atoms with E-state index in [0.717, 1.165) is 29.7 Å². The Bertz CT molecular complexity index is 777. The van der Waals surface area contributed by atoms with E-state index < -0.39 is 0 Å². The third kappa shape index (κ3) is 3.75. The average molecular weight is 375 g/mol. The van der Waals surface area contributed by atoms with Gasteiger partial charge in [-0.3, -0.25) is 5.32 Å². The third-order valence-electron chi connectivity index (χ3n) is 4.48. The first-order valence-electron chi connectivity index (χ1n) is 8.74. The zero-order valence-corrected chi connectivity index (χ0v) is 15.4. The number of hydrogen-bond donors (Lipinski definition) is 1. The van der Waals surface area contributed by atoms with Crippen molar-refractivity contribution in [3.05, 3.63) is 23.0 Å². The molecule has 1 atom stereocenters. The van der Waals surface area contributed by atoms with E-state index >= 15 is 0 Å². The van der Waals surface area contributed by atoms with Crippen molar-refractivity contribution in [2.45, 2.75) is 25.9 Å². The Kier molecular flexibility index (Phi) is 4.93. The highest BCUT2D eigenvalue weighted by Gasteiger charge is 2.27. The number of ether oxygens (including phenoxy) is 1. The van der Waals surface area contributed by atoms with Crippen molar-refractivity contribution < 1.29 is 9.53 Å². The van der Waals surface area contributed by atoms with Crippen molar-refractivity contribution in [1.82, 2.24) is 25.1 Å². The lowest BCUT2D eigenvalue weighted by Crippen LogP contribution is -2.44. The molecule has 138 valence electrons. The zero-order valence-electron chi connectivity index (χ0n) is 14.6. The van der Waals surface area contributed by atoms with Gasteiger partial charge in [-0.25, -0.2) is 14.8 Å². The summed E-state index contributed by atoms with van der Waals surface area (Å²) in [6, 6.07) is 1.67. The molecule has 1 N–H and O–H groups in total. The van der Waals surface area contributed by atoms with Crippen LogP contribution in [0.25, 0.3) is 0 Å². The number of amides is 2. The highest BCUT2D eigenvalue weighted by Crippen LogP contribution is 2.24. The number of morpholine rings is 1. The molecule has 2 aliphatic rings. The van der Waals surface area contributed by atoms with Crippen molar-refractivity contribution in [2.24, 2.45) is 0 Å². The van der Waals surface area contributed by atoms with Crippen LogP contribution in [0.4, 0.5) is 15.9 Å². The first kappa shape index (κ1) is 17.1. The molecule has 2 saturated heterocycles. The topological polar surface area (TPSA) is 96.4 Å². The van der Waals surface area contributed by atoms with Crippen molar-refractivity contribution in [3.63, 3.8) is 0 Å². The van der Waals surface area contributed by atoms with E-state index in [4.69, 9.17) is 4.74 Å². The van der Waals surface area contributed by atoms with Gasteiger partial charge in [0.2, 0.25) is 11.1 Å². The second-order valence-corrected chi connectivity index (χ2v) is 7.52. The van der Waals surface area contributed by atoms with E-state index in [0.29, 0.717) is 24.8 Å². The van der Waals surface area contributed by atoms with Gasteiger partial charge in [0, 0.05) is 25.8 Å². The number of urea groups is 1. The second-order valence-electron chi connectivity index (χ2n) is 6.34. The molecule has 2 amide bonds. The van der Waals surface area contributed by atoms with Crippen LogP contribution in [0, 0.1) is 6.92 Å². The summed E-state index contributed by atoms with van der Waals surface area (Å²) >= 11 is 1.36. The maximum absolute atomic E-state index is 12.5. The zero-order chi connectivity index (χ0) is 17.9. The molecule has 9 nitrogen and oxygen atoms in total. The van der Waals surface area contributed by atoms with E-state index in [1.807, 2.05) is 13.0 Å². The number of aromatic nitrogens is 4. The molecule has 26 heavy (non-hydrogen) atoms. The summed E-state index contributed by atoms with van der Waals surface area (Å²) in [5.41, 5.74) is 0.811. The van der Waals surface area contributed by atoms with Crippen LogP contribution >= 0.6 is 11.3 Å². The number of aryl methyl sites for hydroxylation is 1. The number of hydrogen-bond acceptors (Lipinski definition) is 8. The molecule has 2 aliphatic heterocycles. The SMILES string of the molecule is Cc1nnc(NC(=O)N2CCO[C@@H](c3ccnc(N4CCCC4)n3)C2)s1. The van der Waals surface area contributed by atoms with Crippen LogP contribution in [0.15, 0.2) is 12.3 Å². The van der Waals surface area contributed by atoms with Gasteiger partial charge in [-0.2, -0.15) is 0 Å². The predicted octanol–water partition coefficient (Wildman–Crippen LogP) is 1.84. The van der Waals surface area contributed by atoms with Gasteiger partial charge < -0.3 is 14.5 Å². The lowest BCUT2D eigenvalue weighted by atomic mass is 10.2. The highest BCUT2D eigenvalue weighted by molar-refractivity contribution is 7.15. The molecule has 0 aromatic carbocycles. The van der Waals surface area contributed by atoms with Crippen LogP contribution in [-0.4, -0.2) is 63.9 Å². The maximum atomic E-state index is 12.5. The number of rotatable bonds is 3. The van der Waals surface area contributed by atoms with E-state index in [-0.39, 0.29) is 12.1 Å². The number of carbonyl (C=O) groups excluding carboxylic acids is 1. The highest BCUT2D eigenvalue weighted by atomic mass is 32.1. The van der Waals surface area contributed by atoms with E-state index in [2.05, 4.69) is 30.4 Å². The van der Waals surface area contributed by atoms with Gasteiger partial charge in [0.05, 0.1) is 18.8 Å². The van der Waals surface area contributed by atoms with Gasteiger partial charge in [0.1, 0.15) is 11.1 Å². The monoisotopic (exact) mass is 375 g/mol. The van der Waals surface area contributed by atoms with Gasteiger partial charge in [-0.15, -0.1) is 10.2 Å². The average Bonchev–Trinajstić information content (AvgIpc) is 3.34. The van der Waals surface area contributed by atoms with Crippen molar-refractivity contribution in [3.8, 4) is 0 Å². The Morgan fingerprint density at radius 2 is 2.15 bits per heavy atom. The summed E-state index contributed by atoms with van der Waals surface area (Å²) in [6.45, 7) is 5.28. The molecule has 2 fully saturated rings. The van der Waals surface area contributed by atoms with Crippen LogP contribution < -0.4 is 10.2 Å². The van der Waals surface area contributed by atoms with Gasteiger partial charge in [-0.1, -0.05) is 11.3 Å². The number of nitrogens with one attached hydrogen (secondary N) is 1. The Labute approximate surface area is 155 Å². The van der Waals surface area contributed by atoms with E-state index in [9.17, 15) is 4.79 Å². The van der Waals surface area contributed by atoms with Crippen molar-refractivity contribution in [1.29, 1.82) is 0 Å². The molecule has 0 aliphatic carbocycles. The van der Waals surface area contributed by atoms with E-state index in [1.165, 1.54) is 24.2 Å². The Hall–Kier alpha value is -2.33. The smallest absolute Gasteiger partial charge is 0.323 e. The first-order chi connectivity index (χ1) is 12.7. The molecular weight excluding hydrogens is 354 g/mol. The fourth-order valence-electron chi connectivity index (χ4n) is 3.14. The Balaban J connectivity index is 1.43. The van der Waals surface area contributed by atoms with Gasteiger partial charge in [0.15, 0.2) is 0 Å². The molecule has 4 rings (SSSR count). The predicted molar refractivity (Wildman–Crippen MR) is 97.4 cm³/mol. The molecule has 0 radical (unpaired) electrons. The summed E-state index contributed by atoms with van der Waals surface area (Å²) in [4.78, 5) is 25.5. The minimum atomic E-state index is -0.255. The van der Waals surface area contributed by atoms with Crippen LogP contribution in [0.3, 0.4) is 0 Å². The van der Waals surface area contributed by atoms with Gasteiger partial charge in [-0.05, 0) is 25.8 Å². The van der Waals surface area contributed by atoms with Crippen molar-refractivity contribution in [2.75, 3.05) is 43.0 Å². The molecule has 4 heterocycles. The molecule has 2 aromatic rings. The number of anilines is 2. The molecule has 2 aromatic heterocycles. The molecule has 0 unspecified atom stereocenters.